The van der Waals surface area contributed by atoms with Crippen LogP contribution in [0.15, 0.2) is 29.4 Å². The molecule has 62 valence electrons. The fourth-order valence-corrected chi connectivity index (χ4v) is 0.546. The van der Waals surface area contributed by atoms with Crippen LogP contribution in [0.3, 0.4) is 0 Å². The molecule has 2 nitrogen and oxygen atoms in total. The van der Waals surface area contributed by atoms with Crippen molar-refractivity contribution in [2.75, 3.05) is 0 Å². The van der Waals surface area contributed by atoms with Crippen LogP contribution in [0.4, 0.5) is 0 Å². The maximum Gasteiger partial charge on any atom is 0.0951 e. The molecule has 0 aromatic carbocycles. The number of nitrogens with zero attached hydrogens (tertiary/aromatic N) is 1. The first-order chi connectivity index (χ1) is 5.22. The van der Waals surface area contributed by atoms with Crippen molar-refractivity contribution in [3.05, 3.63) is 24.4 Å². The minimum absolute atomic E-state index is 0.503. The van der Waals surface area contributed by atoms with Crippen LogP contribution in [-0.4, -0.2) is 17.4 Å². The zero-order valence-electron chi connectivity index (χ0n) is 7.12. The van der Waals surface area contributed by atoms with E-state index in [0.717, 1.165) is 0 Å². The Kier molecular flexibility index (Phi) is 5.39. The first kappa shape index (κ1) is 10.1. The smallest absolute Gasteiger partial charge is 0.0951 e. The van der Waals surface area contributed by atoms with Gasteiger partial charge in [0.2, 0.25) is 0 Å². The Morgan fingerprint density at radius 1 is 1.73 bits per heavy atom. The van der Waals surface area contributed by atoms with Crippen LogP contribution < -0.4 is 0 Å². The van der Waals surface area contributed by atoms with E-state index in [4.69, 9.17) is 0 Å². The zero-order valence-corrected chi connectivity index (χ0v) is 7.12. The number of aliphatic hydroxyl groups excluding tert-OH is 1. The second-order valence-corrected chi connectivity index (χ2v) is 2.22. The van der Waals surface area contributed by atoms with E-state index in [1.54, 1.807) is 12.3 Å². The molecular weight excluding hydrogens is 138 g/mol. The molecule has 0 aliphatic heterocycles. The number of aliphatic hydroxyl groups is 1. The van der Waals surface area contributed by atoms with Crippen LogP contribution in [0, 0.1) is 0 Å². The van der Waals surface area contributed by atoms with Gasteiger partial charge in [0.1, 0.15) is 0 Å². The van der Waals surface area contributed by atoms with Crippen molar-refractivity contribution in [1.82, 2.24) is 0 Å². The maximum absolute atomic E-state index is 9.19. The first-order valence-electron chi connectivity index (χ1n) is 3.74. The van der Waals surface area contributed by atoms with Crippen LogP contribution >= 0.6 is 0 Å². The van der Waals surface area contributed by atoms with Gasteiger partial charge in [-0.1, -0.05) is 19.6 Å². The van der Waals surface area contributed by atoms with Crippen LogP contribution in [0.5, 0.6) is 0 Å². The Balaban J connectivity index is 3.86. The maximum atomic E-state index is 9.19. The summed E-state index contributed by atoms with van der Waals surface area (Å²) in [4.78, 5) is 3.93. The van der Waals surface area contributed by atoms with Crippen LogP contribution in [-0.2, 0) is 0 Å². The van der Waals surface area contributed by atoms with Crippen molar-refractivity contribution in [2.24, 2.45) is 4.99 Å². The third-order valence-electron chi connectivity index (χ3n) is 1.29. The molecule has 0 saturated heterocycles. The highest BCUT2D eigenvalue weighted by Gasteiger charge is 2.01. The quantitative estimate of drug-likeness (QED) is 0.615. The van der Waals surface area contributed by atoms with Gasteiger partial charge in [0, 0.05) is 6.21 Å². The number of rotatable bonds is 4. The number of hydrogen-bond donors (Lipinski definition) is 1. The Hall–Kier alpha value is -0.890. The van der Waals surface area contributed by atoms with Gasteiger partial charge >= 0.3 is 0 Å². The summed E-state index contributed by atoms with van der Waals surface area (Å²) < 4.78 is 0. The van der Waals surface area contributed by atoms with Gasteiger partial charge in [-0.2, -0.15) is 0 Å². The summed E-state index contributed by atoms with van der Waals surface area (Å²) in [5.74, 6) is 0. The number of hydrogen-bond acceptors (Lipinski definition) is 2. The lowest BCUT2D eigenvalue weighted by Crippen LogP contribution is -2.05. The van der Waals surface area contributed by atoms with Gasteiger partial charge in [-0.05, 0) is 19.4 Å². The highest BCUT2D eigenvalue weighted by atomic mass is 16.3. The van der Waals surface area contributed by atoms with Crippen LogP contribution in [0.25, 0.3) is 0 Å². The Morgan fingerprint density at radius 2 is 2.36 bits per heavy atom. The van der Waals surface area contributed by atoms with Gasteiger partial charge in [0.05, 0.1) is 11.8 Å². The lowest BCUT2D eigenvalue weighted by Gasteiger charge is -2.04. The molecule has 0 amide bonds. The highest BCUT2D eigenvalue weighted by Crippen LogP contribution is 2.03. The second-order valence-electron chi connectivity index (χ2n) is 2.22. The number of allylic oxidation sites excluding steroid dienone is 2. The van der Waals surface area contributed by atoms with E-state index in [0.29, 0.717) is 12.1 Å². The van der Waals surface area contributed by atoms with Crippen molar-refractivity contribution >= 4 is 6.21 Å². The Bertz CT molecular complexity index is 170. The van der Waals surface area contributed by atoms with Gasteiger partial charge in [-0.3, -0.25) is 4.99 Å². The molecule has 0 heterocycles. The standard InChI is InChI=1S/C9H15NO/c1-4-6-7-10-8(3)9(11)5-2/h4,6-7,9,11H,3,5H2,1-2H3/b6-4-,10-7?. The summed E-state index contributed by atoms with van der Waals surface area (Å²) in [6, 6.07) is 0. The molecule has 0 bridgehead atoms. The Labute approximate surface area is 68.0 Å². The van der Waals surface area contributed by atoms with Crippen molar-refractivity contribution in [3.63, 3.8) is 0 Å². The summed E-state index contributed by atoms with van der Waals surface area (Å²) in [5.41, 5.74) is 0.519. The van der Waals surface area contributed by atoms with Crippen molar-refractivity contribution < 1.29 is 5.11 Å². The first-order valence-corrected chi connectivity index (χ1v) is 3.74. The third-order valence-corrected chi connectivity index (χ3v) is 1.29. The van der Waals surface area contributed by atoms with Crippen molar-refractivity contribution in [1.29, 1.82) is 0 Å². The van der Waals surface area contributed by atoms with Crippen molar-refractivity contribution in [3.8, 4) is 0 Å². The fourth-order valence-electron chi connectivity index (χ4n) is 0.546. The molecule has 0 aliphatic rings. The minimum atomic E-state index is -0.503. The van der Waals surface area contributed by atoms with E-state index in [-0.39, 0.29) is 0 Å². The minimum Gasteiger partial charge on any atom is -0.387 e. The lowest BCUT2D eigenvalue weighted by atomic mass is 10.2. The molecule has 1 unspecified atom stereocenters. The molecule has 1 N–H and O–H groups in total. The van der Waals surface area contributed by atoms with E-state index in [9.17, 15) is 5.11 Å². The molecule has 11 heavy (non-hydrogen) atoms. The summed E-state index contributed by atoms with van der Waals surface area (Å²) in [6.07, 6.45) is 5.45. The topological polar surface area (TPSA) is 32.6 Å². The predicted molar refractivity (Wildman–Crippen MR) is 48.7 cm³/mol. The van der Waals surface area contributed by atoms with E-state index in [1.807, 2.05) is 19.9 Å². The average Bonchev–Trinajstić information content (AvgIpc) is 2.03. The normalized spacial score (nSPS) is 14.5. The second kappa shape index (κ2) is 5.86. The largest absolute Gasteiger partial charge is 0.387 e. The fraction of sp³-hybridized carbons (Fsp3) is 0.444. The number of aliphatic imine (C=N–C) groups is 1. The predicted octanol–water partition coefficient (Wildman–Crippen LogP) is 1.92. The Morgan fingerprint density at radius 3 is 2.82 bits per heavy atom. The van der Waals surface area contributed by atoms with Crippen LogP contribution in [0.1, 0.15) is 20.3 Å². The van der Waals surface area contributed by atoms with Gasteiger partial charge in [-0.25, -0.2) is 0 Å². The molecule has 0 fully saturated rings. The van der Waals surface area contributed by atoms with Crippen molar-refractivity contribution in [2.45, 2.75) is 26.4 Å². The van der Waals surface area contributed by atoms with E-state index >= 15 is 0 Å². The molecular formula is C9H15NO. The van der Waals surface area contributed by atoms with E-state index < -0.39 is 6.10 Å². The monoisotopic (exact) mass is 153 g/mol. The molecule has 0 radical (unpaired) electrons. The zero-order chi connectivity index (χ0) is 8.69. The summed E-state index contributed by atoms with van der Waals surface area (Å²) in [7, 11) is 0. The summed E-state index contributed by atoms with van der Waals surface area (Å²) >= 11 is 0. The third kappa shape index (κ3) is 4.51. The molecule has 2 heteroatoms. The molecule has 0 saturated carbocycles. The lowest BCUT2D eigenvalue weighted by molar-refractivity contribution is 0.206. The molecule has 0 aliphatic carbocycles. The van der Waals surface area contributed by atoms with Gasteiger partial charge in [-0.15, -0.1) is 0 Å². The summed E-state index contributed by atoms with van der Waals surface area (Å²) in [5, 5.41) is 9.19. The van der Waals surface area contributed by atoms with Gasteiger partial charge < -0.3 is 5.11 Å². The van der Waals surface area contributed by atoms with E-state index in [2.05, 4.69) is 11.6 Å². The van der Waals surface area contributed by atoms with Gasteiger partial charge in [0.25, 0.3) is 0 Å². The summed E-state index contributed by atoms with van der Waals surface area (Å²) in [6.45, 7) is 7.41. The van der Waals surface area contributed by atoms with Crippen LogP contribution in [0.2, 0.25) is 0 Å². The molecule has 1 atom stereocenters. The van der Waals surface area contributed by atoms with Gasteiger partial charge in [0.15, 0.2) is 0 Å². The molecule has 0 spiro atoms. The average molecular weight is 153 g/mol. The van der Waals surface area contributed by atoms with E-state index in [1.165, 1.54) is 0 Å². The molecule has 0 rings (SSSR count). The molecule has 0 aromatic rings. The highest BCUT2D eigenvalue weighted by molar-refractivity contribution is 5.71. The SMILES string of the molecule is C=C(N=C/C=C\C)C(O)CC. The molecule has 0 aromatic heterocycles.